The summed E-state index contributed by atoms with van der Waals surface area (Å²) in [4.78, 5) is 67.8. The number of nitro groups is 1. The summed E-state index contributed by atoms with van der Waals surface area (Å²) in [5, 5.41) is 25.4. The fraction of sp³-hybridized carbons (Fsp3) is 0.429. The Hall–Kier alpha value is -6.80. The number of allylic oxidation sites excluding steroid dienone is 1. The number of piperidine rings is 1. The molecule has 0 saturated carbocycles. The Labute approximate surface area is 359 Å². The van der Waals surface area contributed by atoms with Crippen LogP contribution >= 0.6 is 0 Å². The summed E-state index contributed by atoms with van der Waals surface area (Å²) in [5.74, 6) is -0.668. The molecule has 3 heterocycles. The van der Waals surface area contributed by atoms with Gasteiger partial charge in [-0.2, -0.15) is 5.10 Å². The zero-order valence-corrected chi connectivity index (χ0v) is 36.2. The van der Waals surface area contributed by atoms with E-state index in [4.69, 9.17) is 19.9 Å². The average Bonchev–Trinajstić information content (AvgIpc) is 3.79. The van der Waals surface area contributed by atoms with Crippen molar-refractivity contribution in [2.24, 2.45) is 11.5 Å². The van der Waals surface area contributed by atoms with E-state index in [1.54, 1.807) is 52.6 Å². The molecule has 0 bridgehead atoms. The van der Waals surface area contributed by atoms with Gasteiger partial charge in [0.25, 0.3) is 11.6 Å². The van der Waals surface area contributed by atoms with Crippen LogP contribution in [0.3, 0.4) is 0 Å². The number of alkyl carbamates (subject to hydrolysis) is 1. The number of aldehydes is 1. The van der Waals surface area contributed by atoms with Crippen LogP contribution in [0.4, 0.5) is 22.1 Å². The van der Waals surface area contributed by atoms with Gasteiger partial charge in [-0.15, -0.1) is 0 Å². The quantitative estimate of drug-likeness (QED) is 0.0389. The number of fused-ring (bicyclic) bond motifs is 1. The Kier molecular flexibility index (Phi) is 17.1. The van der Waals surface area contributed by atoms with E-state index in [1.807, 2.05) is 33.8 Å². The average molecular weight is 860 g/mol. The third-order valence-corrected chi connectivity index (χ3v) is 9.43. The van der Waals surface area contributed by atoms with Crippen LogP contribution in [0.25, 0.3) is 11.0 Å². The molecule has 0 spiro atoms. The Bertz CT molecular complexity index is 2280. The second-order valence-corrected chi connectivity index (χ2v) is 15.0. The van der Waals surface area contributed by atoms with Gasteiger partial charge in [-0.3, -0.25) is 39.4 Å². The minimum absolute atomic E-state index is 0.0293. The Morgan fingerprint density at radius 2 is 1.73 bits per heavy atom. The zero-order valence-electron chi connectivity index (χ0n) is 36.2. The van der Waals surface area contributed by atoms with E-state index >= 15 is 0 Å². The lowest BCUT2D eigenvalue weighted by molar-refractivity contribution is -0.384. The van der Waals surface area contributed by atoms with Crippen molar-refractivity contribution in [2.75, 3.05) is 57.6 Å². The molecule has 1 aliphatic heterocycles. The van der Waals surface area contributed by atoms with Crippen LogP contribution in [-0.4, -0.2) is 112 Å². The Morgan fingerprint density at radius 1 is 1.02 bits per heavy atom. The third kappa shape index (κ3) is 12.9. The maximum atomic E-state index is 13.4. The maximum absolute atomic E-state index is 13.4. The van der Waals surface area contributed by atoms with Gasteiger partial charge in [0.2, 0.25) is 11.9 Å². The highest BCUT2D eigenvalue weighted by Gasteiger charge is 2.25. The van der Waals surface area contributed by atoms with Gasteiger partial charge in [0.1, 0.15) is 35.5 Å². The second-order valence-electron chi connectivity index (χ2n) is 15.0. The van der Waals surface area contributed by atoms with Gasteiger partial charge >= 0.3 is 6.09 Å². The fourth-order valence-electron chi connectivity index (χ4n) is 6.65. The summed E-state index contributed by atoms with van der Waals surface area (Å²) >= 11 is 0. The molecule has 1 fully saturated rings. The molecular weight excluding hydrogens is 803 g/mol. The van der Waals surface area contributed by atoms with E-state index in [1.165, 1.54) is 20.2 Å². The molecule has 0 atom stereocenters. The largest absolute Gasteiger partial charge is 0.494 e. The van der Waals surface area contributed by atoms with Crippen LogP contribution < -0.4 is 36.9 Å². The zero-order chi connectivity index (χ0) is 45.6. The number of amides is 3. The van der Waals surface area contributed by atoms with E-state index in [-0.39, 0.29) is 48.7 Å². The van der Waals surface area contributed by atoms with Gasteiger partial charge in [0, 0.05) is 62.5 Å². The number of hydrogen-bond acceptors (Lipinski definition) is 14. The van der Waals surface area contributed by atoms with Gasteiger partial charge in [-0.1, -0.05) is 24.3 Å². The molecule has 2 aromatic carbocycles. The number of aryl methyl sites for hydroxylation is 2. The first-order valence-electron chi connectivity index (χ1n) is 20.1. The van der Waals surface area contributed by atoms with Gasteiger partial charge in [-0.05, 0) is 78.8 Å². The number of carbonyl (C=O) groups is 4. The first-order chi connectivity index (χ1) is 29.6. The molecule has 1 saturated heterocycles. The van der Waals surface area contributed by atoms with Crippen molar-refractivity contribution in [3.05, 3.63) is 87.3 Å². The predicted octanol–water partition coefficient (Wildman–Crippen LogP) is 4.81. The Morgan fingerprint density at radius 3 is 2.35 bits per heavy atom. The predicted molar refractivity (Wildman–Crippen MR) is 235 cm³/mol. The number of ether oxygens (including phenoxy) is 3. The lowest BCUT2D eigenvalue weighted by atomic mass is 10.1. The molecule has 20 nitrogen and oxygen atoms in total. The normalized spacial score (nSPS) is 13.4. The number of anilines is 2. The van der Waals surface area contributed by atoms with Crippen molar-refractivity contribution in [3.63, 3.8) is 0 Å². The molecule has 1 aliphatic rings. The molecule has 5 rings (SSSR count). The molecule has 0 radical (unpaired) electrons. The van der Waals surface area contributed by atoms with Gasteiger partial charge < -0.3 is 40.9 Å². The number of hydrogen-bond donors (Lipinski definition) is 5. The number of methoxy groups -OCH3 is 1. The summed E-state index contributed by atoms with van der Waals surface area (Å²) in [7, 11) is 2.96. The molecule has 0 unspecified atom stereocenters. The lowest BCUT2D eigenvalue weighted by Crippen LogP contribution is -2.46. The SMILES string of the molecule is CCn1nc(C)cc1C(=O)Nc1nc2cc(C=O)cc(OC)c2n1C/C=C/CNc1c(OC/C=C\CN2CCC(NC(=O)OC(C)(C)C)CC2)cc(C(N)=O)cc1[N+](=O)[O-].CN. The summed E-state index contributed by atoms with van der Waals surface area (Å²) in [6.45, 7) is 12.1. The highest BCUT2D eigenvalue weighted by molar-refractivity contribution is 6.03. The van der Waals surface area contributed by atoms with E-state index in [9.17, 15) is 29.3 Å². The summed E-state index contributed by atoms with van der Waals surface area (Å²) in [6, 6.07) is 7.31. The van der Waals surface area contributed by atoms with Crippen molar-refractivity contribution in [3.8, 4) is 11.5 Å². The number of carbonyl (C=O) groups excluding carboxylic acids is 4. The fourth-order valence-corrected chi connectivity index (χ4v) is 6.65. The van der Waals surface area contributed by atoms with Gasteiger partial charge in [0.15, 0.2) is 11.4 Å². The van der Waals surface area contributed by atoms with Gasteiger partial charge in [0.05, 0.1) is 23.2 Å². The standard InChI is InChI=1S/C41H52N10O9.CH5N/c1-7-50-32(20-26(2)47-50)38(54)46-39-45-30-21-27(25-52)22-34(58-6)36(30)49(39)16-9-8-14-43-35-31(51(56)57)23-28(37(42)53)24-33(35)59-19-11-10-15-48-17-12-29(13-18-48)44-40(55)60-41(3,4)5;1-2/h8-11,20-25,29,43H,7,12-19H2,1-6H3,(H2,42,53)(H,44,55)(H,45,46,54);2H2,1H3/b9-8+,11-10-;. The van der Waals surface area contributed by atoms with Crippen LogP contribution in [0.1, 0.15) is 77.4 Å². The number of primary amides is 1. The third-order valence-electron chi connectivity index (χ3n) is 9.43. The number of likely N-dealkylation sites (tertiary alicyclic amines) is 1. The number of imidazole rings is 1. The first kappa shape index (κ1) is 47.9. The van der Waals surface area contributed by atoms with E-state index in [0.717, 1.165) is 32.0 Å². The minimum atomic E-state index is -0.852. The molecule has 2 aromatic heterocycles. The van der Waals surface area contributed by atoms with Crippen molar-refractivity contribution >= 4 is 52.6 Å². The molecule has 4 aromatic rings. The van der Waals surface area contributed by atoms with Crippen molar-refractivity contribution < 1.29 is 38.3 Å². The number of rotatable bonds is 18. The molecule has 0 aliphatic carbocycles. The van der Waals surface area contributed by atoms with Crippen molar-refractivity contribution in [2.45, 2.75) is 72.2 Å². The van der Waals surface area contributed by atoms with Gasteiger partial charge in [-0.25, -0.2) is 9.78 Å². The first-order valence-corrected chi connectivity index (χ1v) is 20.1. The monoisotopic (exact) mass is 859 g/mol. The number of benzene rings is 2. The van der Waals surface area contributed by atoms with Crippen molar-refractivity contribution in [1.82, 2.24) is 29.5 Å². The van der Waals surface area contributed by atoms with Crippen LogP contribution in [0, 0.1) is 17.0 Å². The molecule has 7 N–H and O–H groups in total. The highest BCUT2D eigenvalue weighted by atomic mass is 16.6. The molecule has 20 heteroatoms. The molecule has 334 valence electrons. The number of nitrogens with zero attached hydrogens (tertiary/aromatic N) is 6. The van der Waals surface area contributed by atoms with Crippen LogP contribution in [0.5, 0.6) is 11.5 Å². The van der Waals surface area contributed by atoms with E-state index < -0.39 is 34.1 Å². The summed E-state index contributed by atoms with van der Waals surface area (Å²) in [5.41, 5.74) is 11.3. The van der Waals surface area contributed by atoms with E-state index in [0.29, 0.717) is 53.1 Å². The molecular formula is C42H57N11O9. The molecule has 3 amide bonds. The van der Waals surface area contributed by atoms with Crippen LogP contribution in [0.15, 0.2) is 54.6 Å². The number of nitrogens with one attached hydrogen (secondary N) is 3. The number of nitro benzene ring substituents is 1. The minimum Gasteiger partial charge on any atom is -0.494 e. The van der Waals surface area contributed by atoms with Crippen molar-refractivity contribution in [1.29, 1.82) is 0 Å². The summed E-state index contributed by atoms with van der Waals surface area (Å²) < 4.78 is 20.2. The smallest absolute Gasteiger partial charge is 0.407 e. The topological polar surface area (TPSA) is 266 Å². The number of aromatic nitrogens is 4. The number of nitrogens with two attached hydrogens (primary N) is 2. The van der Waals surface area contributed by atoms with Crippen LogP contribution in [-0.2, 0) is 17.8 Å². The summed E-state index contributed by atoms with van der Waals surface area (Å²) in [6.07, 6.45) is 9.00. The highest BCUT2D eigenvalue weighted by Crippen LogP contribution is 2.36. The lowest BCUT2D eigenvalue weighted by Gasteiger charge is -2.32. The van der Waals surface area contributed by atoms with Crippen LogP contribution in [0.2, 0.25) is 0 Å². The maximum Gasteiger partial charge on any atom is 0.407 e. The molecule has 62 heavy (non-hydrogen) atoms. The van der Waals surface area contributed by atoms with E-state index in [2.05, 4.69) is 36.7 Å². The second kappa shape index (κ2) is 22.2. The Balaban J connectivity index is 0.00000416.